The monoisotopic (exact) mass is 362 g/mol. The second kappa shape index (κ2) is 7.31. The van der Waals surface area contributed by atoms with Crippen LogP contribution in [0.4, 0.5) is 0 Å². The largest absolute Gasteiger partial charge is 0.459 e. The molecule has 0 radical (unpaired) electrons. The van der Waals surface area contributed by atoms with Crippen molar-refractivity contribution in [3.05, 3.63) is 12.2 Å². The van der Waals surface area contributed by atoms with Gasteiger partial charge < -0.3 is 19.3 Å². The highest BCUT2D eigenvalue weighted by Gasteiger charge is 2.40. The molecule has 26 heavy (non-hydrogen) atoms. The quantitative estimate of drug-likeness (QED) is 0.562. The van der Waals surface area contributed by atoms with E-state index in [4.69, 9.17) is 9.47 Å². The number of ether oxygens (including phenoxy) is 2. The molecular weight excluding hydrogens is 332 g/mol. The smallest absolute Gasteiger partial charge is 0.331 e. The third-order valence-electron chi connectivity index (χ3n) is 7.03. The minimum Gasteiger partial charge on any atom is -0.459 e. The van der Waals surface area contributed by atoms with E-state index < -0.39 is 11.9 Å². The molecule has 4 aliphatic rings. The summed E-state index contributed by atoms with van der Waals surface area (Å²) in [4.78, 5) is 28.9. The number of esters is 2. The van der Waals surface area contributed by atoms with Gasteiger partial charge in [-0.3, -0.25) is 0 Å². The maximum atomic E-state index is 12.0. The first-order valence-electron chi connectivity index (χ1n) is 10.0. The normalized spacial score (nSPS) is 40.1. The van der Waals surface area contributed by atoms with Gasteiger partial charge in [-0.2, -0.15) is 0 Å². The molecule has 4 rings (SSSR count). The maximum absolute atomic E-state index is 12.0. The average Bonchev–Trinajstić information content (AvgIpc) is 2.95. The summed E-state index contributed by atoms with van der Waals surface area (Å²) in [5, 5.41) is 0. The third kappa shape index (κ3) is 3.67. The van der Waals surface area contributed by atoms with Gasteiger partial charge in [0.2, 0.25) is 0 Å². The first-order valence-corrected chi connectivity index (χ1v) is 10.0. The van der Waals surface area contributed by atoms with Crippen LogP contribution in [0.3, 0.4) is 0 Å². The van der Waals surface area contributed by atoms with Crippen molar-refractivity contribution in [3.8, 4) is 0 Å². The van der Waals surface area contributed by atoms with Gasteiger partial charge in [-0.15, -0.1) is 0 Å². The Hall–Kier alpha value is -1.40. The summed E-state index contributed by atoms with van der Waals surface area (Å²) >= 11 is 0. The minimum atomic E-state index is -0.431. The lowest BCUT2D eigenvalue weighted by atomic mass is 10.0. The third-order valence-corrected chi connectivity index (χ3v) is 7.03. The van der Waals surface area contributed by atoms with E-state index in [1.54, 1.807) is 0 Å². The Morgan fingerprint density at radius 2 is 1.00 bits per heavy atom. The molecule has 5 atom stereocenters. The molecule has 6 heteroatoms. The van der Waals surface area contributed by atoms with E-state index in [-0.39, 0.29) is 12.2 Å². The van der Waals surface area contributed by atoms with Gasteiger partial charge in [0.1, 0.15) is 12.2 Å². The van der Waals surface area contributed by atoms with Crippen molar-refractivity contribution in [3.63, 3.8) is 0 Å². The summed E-state index contributed by atoms with van der Waals surface area (Å²) in [6, 6.07) is 2.11. The number of hydrogen-bond donors (Lipinski definition) is 0. The van der Waals surface area contributed by atoms with Crippen LogP contribution in [0.2, 0.25) is 0 Å². The molecule has 4 aliphatic heterocycles. The summed E-state index contributed by atoms with van der Waals surface area (Å²) < 4.78 is 11.1. The summed E-state index contributed by atoms with van der Waals surface area (Å²) in [6.45, 7) is 0. The zero-order chi connectivity index (χ0) is 18.3. The molecule has 0 saturated carbocycles. The molecule has 4 saturated heterocycles. The topological polar surface area (TPSA) is 59.1 Å². The van der Waals surface area contributed by atoms with Gasteiger partial charge in [0.25, 0.3) is 0 Å². The molecular formula is C20H30N2O4. The first kappa shape index (κ1) is 18.0. The van der Waals surface area contributed by atoms with E-state index in [0.29, 0.717) is 24.2 Å². The fourth-order valence-electron chi connectivity index (χ4n) is 5.46. The van der Waals surface area contributed by atoms with Crippen LogP contribution >= 0.6 is 0 Å². The van der Waals surface area contributed by atoms with Crippen molar-refractivity contribution >= 4 is 11.9 Å². The fourth-order valence-corrected chi connectivity index (χ4v) is 5.46. The minimum absolute atomic E-state index is 0.0265. The SMILES string of the molecule is CN1[C@@H]2CC[C@H]1CC(OC(=O)/C=C\C(=O)OC1C[C@@H]3CC[C@@H](C1)N3C)C2. The molecule has 0 aromatic rings. The molecule has 0 N–H and O–H groups in total. The van der Waals surface area contributed by atoms with Gasteiger partial charge in [0.05, 0.1) is 0 Å². The van der Waals surface area contributed by atoms with Gasteiger partial charge in [0, 0.05) is 62.0 Å². The highest BCUT2D eigenvalue weighted by atomic mass is 16.5. The molecule has 1 unspecified atom stereocenters. The Bertz CT molecular complexity index is 514. The number of carbonyl (C=O) groups is 2. The predicted molar refractivity (Wildman–Crippen MR) is 96.5 cm³/mol. The van der Waals surface area contributed by atoms with Crippen LogP contribution in [0.15, 0.2) is 12.2 Å². The van der Waals surface area contributed by atoms with Gasteiger partial charge in [0.15, 0.2) is 0 Å². The van der Waals surface area contributed by atoms with Crippen LogP contribution in [-0.4, -0.2) is 72.2 Å². The average molecular weight is 362 g/mol. The molecule has 4 bridgehead atoms. The Labute approximate surface area is 155 Å². The second-order valence-corrected chi connectivity index (χ2v) is 8.49. The Kier molecular flexibility index (Phi) is 5.06. The van der Waals surface area contributed by atoms with Crippen molar-refractivity contribution in [2.24, 2.45) is 0 Å². The molecule has 0 spiro atoms. The molecule has 4 heterocycles. The van der Waals surface area contributed by atoms with Crippen molar-refractivity contribution in [1.82, 2.24) is 9.80 Å². The highest BCUT2D eigenvalue weighted by molar-refractivity contribution is 5.91. The molecule has 0 aromatic carbocycles. The van der Waals surface area contributed by atoms with Crippen LogP contribution in [0.25, 0.3) is 0 Å². The van der Waals surface area contributed by atoms with Gasteiger partial charge in [-0.1, -0.05) is 0 Å². The zero-order valence-electron chi connectivity index (χ0n) is 15.8. The molecule has 4 fully saturated rings. The lowest BCUT2D eigenvalue weighted by Gasteiger charge is -2.35. The highest BCUT2D eigenvalue weighted by Crippen LogP contribution is 2.36. The van der Waals surface area contributed by atoms with Gasteiger partial charge in [-0.25, -0.2) is 9.59 Å². The molecule has 0 amide bonds. The van der Waals surface area contributed by atoms with Crippen LogP contribution in [-0.2, 0) is 19.1 Å². The van der Waals surface area contributed by atoms with Gasteiger partial charge in [-0.05, 0) is 39.8 Å². The number of rotatable bonds is 4. The Morgan fingerprint density at radius 1 is 0.692 bits per heavy atom. The molecule has 0 aliphatic carbocycles. The van der Waals surface area contributed by atoms with Crippen LogP contribution < -0.4 is 0 Å². The van der Waals surface area contributed by atoms with Crippen LogP contribution in [0, 0.1) is 0 Å². The maximum Gasteiger partial charge on any atom is 0.331 e. The van der Waals surface area contributed by atoms with E-state index in [9.17, 15) is 9.59 Å². The van der Waals surface area contributed by atoms with Crippen molar-refractivity contribution in [1.29, 1.82) is 0 Å². The second-order valence-electron chi connectivity index (χ2n) is 8.49. The van der Waals surface area contributed by atoms with E-state index in [1.165, 1.54) is 37.8 Å². The van der Waals surface area contributed by atoms with Crippen molar-refractivity contribution in [2.75, 3.05) is 14.1 Å². The lowest BCUT2D eigenvalue weighted by molar-refractivity contribution is -0.149. The van der Waals surface area contributed by atoms with E-state index in [2.05, 4.69) is 23.9 Å². The lowest BCUT2D eigenvalue weighted by Crippen LogP contribution is -2.43. The standard InChI is InChI=1S/C20H30N2O4/c1-21-13-3-4-14(21)10-17(9-13)25-19(23)7-8-20(24)26-18-11-15-5-6-16(12-18)22(15)2/h7-8,13-18H,3-6,9-12H2,1-2H3/b8-7-/t13-,14-,15-,16+,18?/m0/s1. The first-order chi connectivity index (χ1) is 12.5. The summed E-state index contributed by atoms with van der Waals surface area (Å²) in [7, 11) is 4.32. The molecule has 6 nitrogen and oxygen atoms in total. The van der Waals surface area contributed by atoms with Crippen LogP contribution in [0.1, 0.15) is 51.4 Å². The summed E-state index contributed by atoms with van der Waals surface area (Å²) in [6.07, 6.45) is 10.8. The fraction of sp³-hybridized carbons (Fsp3) is 0.800. The number of fused-ring (bicyclic) bond motifs is 4. The van der Waals surface area contributed by atoms with E-state index >= 15 is 0 Å². The Balaban J connectivity index is 1.22. The van der Waals surface area contributed by atoms with Crippen LogP contribution in [0.5, 0.6) is 0 Å². The van der Waals surface area contributed by atoms with E-state index in [1.807, 2.05) is 0 Å². The number of nitrogens with zero attached hydrogens (tertiary/aromatic N) is 2. The number of carbonyl (C=O) groups excluding carboxylic acids is 2. The van der Waals surface area contributed by atoms with E-state index in [0.717, 1.165) is 25.7 Å². The molecule has 0 aromatic heterocycles. The van der Waals surface area contributed by atoms with Gasteiger partial charge >= 0.3 is 11.9 Å². The van der Waals surface area contributed by atoms with Crippen molar-refractivity contribution < 1.29 is 19.1 Å². The van der Waals surface area contributed by atoms with Crippen molar-refractivity contribution in [2.45, 2.75) is 87.7 Å². The summed E-state index contributed by atoms with van der Waals surface area (Å²) in [5.41, 5.74) is 0. The zero-order valence-corrected chi connectivity index (χ0v) is 15.8. The summed E-state index contributed by atoms with van der Waals surface area (Å²) in [5.74, 6) is -0.862. The number of piperidine rings is 2. The predicted octanol–water partition coefficient (Wildman–Crippen LogP) is 1.88. The Morgan fingerprint density at radius 3 is 1.31 bits per heavy atom. The molecule has 144 valence electrons. The number of hydrogen-bond acceptors (Lipinski definition) is 6.